The summed E-state index contributed by atoms with van der Waals surface area (Å²) in [5.41, 5.74) is 2.01. The first kappa shape index (κ1) is 14.8. The molecule has 0 fully saturated rings. The summed E-state index contributed by atoms with van der Waals surface area (Å²) in [5, 5.41) is 12.9. The first-order chi connectivity index (χ1) is 9.11. The minimum absolute atomic E-state index is 0.0219. The van der Waals surface area contributed by atoms with E-state index in [1.807, 2.05) is 43.3 Å². The van der Waals surface area contributed by atoms with Crippen LogP contribution in [0.2, 0.25) is 8.67 Å². The van der Waals surface area contributed by atoms with Crippen molar-refractivity contribution in [1.82, 2.24) is 5.32 Å². The molecule has 102 valence electrons. The molecule has 0 bridgehead atoms. The lowest BCUT2D eigenvalue weighted by atomic mass is 10.1. The molecule has 2 unspecified atom stereocenters. The molecule has 0 aliphatic carbocycles. The highest BCUT2D eigenvalue weighted by atomic mass is 35.5. The maximum absolute atomic E-state index is 9.53. The van der Waals surface area contributed by atoms with Gasteiger partial charge in [0.25, 0.3) is 0 Å². The van der Waals surface area contributed by atoms with E-state index in [0.29, 0.717) is 8.67 Å². The lowest BCUT2D eigenvalue weighted by molar-refractivity contribution is 0.235. The van der Waals surface area contributed by atoms with Crippen molar-refractivity contribution in [2.75, 3.05) is 6.61 Å². The van der Waals surface area contributed by atoms with Crippen LogP contribution in [0.1, 0.15) is 30.1 Å². The first-order valence-corrected chi connectivity index (χ1v) is 7.55. The van der Waals surface area contributed by atoms with E-state index in [4.69, 9.17) is 23.2 Å². The van der Waals surface area contributed by atoms with Crippen molar-refractivity contribution < 1.29 is 5.11 Å². The van der Waals surface area contributed by atoms with Gasteiger partial charge in [-0.3, -0.25) is 0 Å². The Labute approximate surface area is 127 Å². The van der Waals surface area contributed by atoms with Gasteiger partial charge in [0.05, 0.1) is 21.3 Å². The predicted octanol–water partition coefficient (Wildman–Crippen LogP) is 4.44. The van der Waals surface area contributed by atoms with Crippen LogP contribution < -0.4 is 5.32 Å². The zero-order chi connectivity index (χ0) is 13.8. The van der Waals surface area contributed by atoms with Gasteiger partial charge in [0.1, 0.15) is 0 Å². The summed E-state index contributed by atoms with van der Waals surface area (Å²) in [7, 11) is 0. The normalized spacial score (nSPS) is 14.3. The second kappa shape index (κ2) is 6.73. The molecule has 0 radical (unpaired) electrons. The molecule has 2 aromatic rings. The maximum Gasteiger partial charge on any atom is 0.0991 e. The van der Waals surface area contributed by atoms with Gasteiger partial charge in [-0.05, 0) is 24.1 Å². The Morgan fingerprint density at radius 2 is 1.95 bits per heavy atom. The molecule has 0 saturated carbocycles. The molecule has 2 atom stereocenters. The highest BCUT2D eigenvalue weighted by molar-refractivity contribution is 7.20. The molecule has 0 aliphatic heterocycles. The first-order valence-electron chi connectivity index (χ1n) is 5.98. The summed E-state index contributed by atoms with van der Waals surface area (Å²) < 4.78 is 1.36. The third-order valence-corrected chi connectivity index (χ3v) is 4.50. The molecule has 1 aromatic heterocycles. The second-order valence-electron chi connectivity index (χ2n) is 4.31. The number of halogens is 2. The zero-order valence-corrected chi connectivity index (χ0v) is 12.8. The number of hydrogen-bond acceptors (Lipinski definition) is 3. The van der Waals surface area contributed by atoms with Gasteiger partial charge in [0.2, 0.25) is 0 Å². The summed E-state index contributed by atoms with van der Waals surface area (Å²) in [5.74, 6) is 0. The number of aliphatic hydroxyl groups is 1. The summed E-state index contributed by atoms with van der Waals surface area (Å²) in [6, 6.07) is 11.6. The molecule has 5 heteroatoms. The van der Waals surface area contributed by atoms with Crippen LogP contribution in [0, 0.1) is 0 Å². The smallest absolute Gasteiger partial charge is 0.0991 e. The van der Waals surface area contributed by atoms with Crippen molar-refractivity contribution in [2.45, 2.75) is 19.0 Å². The number of hydrogen-bond donors (Lipinski definition) is 2. The Balaban J connectivity index is 2.13. The van der Waals surface area contributed by atoms with E-state index in [9.17, 15) is 5.11 Å². The van der Waals surface area contributed by atoms with Crippen LogP contribution in [0.25, 0.3) is 0 Å². The molecule has 2 nitrogen and oxygen atoms in total. The Hall–Kier alpha value is -0.580. The molecule has 0 saturated heterocycles. The fraction of sp³-hybridized carbons (Fsp3) is 0.286. The van der Waals surface area contributed by atoms with E-state index < -0.39 is 0 Å². The Kier molecular flexibility index (Phi) is 5.25. The second-order valence-corrected chi connectivity index (χ2v) is 6.60. The highest BCUT2D eigenvalue weighted by Crippen LogP contribution is 2.35. The molecule has 0 amide bonds. The molecule has 0 aliphatic rings. The number of nitrogens with one attached hydrogen (secondary N) is 1. The average molecular weight is 316 g/mol. The number of thiophene rings is 1. The van der Waals surface area contributed by atoms with E-state index in [0.717, 1.165) is 11.1 Å². The third kappa shape index (κ3) is 3.71. The summed E-state index contributed by atoms with van der Waals surface area (Å²) in [6.07, 6.45) is 0. The lowest BCUT2D eigenvalue weighted by Gasteiger charge is -2.22. The molecule has 1 aromatic carbocycles. The van der Waals surface area contributed by atoms with Crippen molar-refractivity contribution in [1.29, 1.82) is 0 Å². The minimum atomic E-state index is -0.119. The molecule has 2 rings (SSSR count). The van der Waals surface area contributed by atoms with Crippen LogP contribution in [0.4, 0.5) is 0 Å². The Morgan fingerprint density at radius 1 is 1.26 bits per heavy atom. The van der Waals surface area contributed by atoms with Crippen LogP contribution in [0.5, 0.6) is 0 Å². The fourth-order valence-corrected chi connectivity index (χ4v) is 3.63. The van der Waals surface area contributed by atoms with E-state index >= 15 is 0 Å². The fourth-order valence-electron chi connectivity index (χ4n) is 1.98. The van der Waals surface area contributed by atoms with E-state index in [-0.39, 0.29) is 18.7 Å². The van der Waals surface area contributed by atoms with Crippen LogP contribution in [0.15, 0.2) is 36.4 Å². The van der Waals surface area contributed by atoms with Crippen LogP contribution in [-0.4, -0.2) is 11.7 Å². The van der Waals surface area contributed by atoms with E-state index in [2.05, 4.69) is 5.32 Å². The molecule has 2 N–H and O–H groups in total. The van der Waals surface area contributed by atoms with Crippen molar-refractivity contribution in [3.63, 3.8) is 0 Å². The maximum atomic E-state index is 9.53. The van der Waals surface area contributed by atoms with Gasteiger partial charge < -0.3 is 10.4 Å². The standard InChI is InChI=1S/C14H15Cl2NOS/c1-9(11-7-13(15)19-14(11)16)17-12(8-18)10-5-3-2-4-6-10/h2-7,9,12,17-18H,8H2,1H3. The van der Waals surface area contributed by atoms with Crippen molar-refractivity contribution in [2.24, 2.45) is 0 Å². The van der Waals surface area contributed by atoms with E-state index in [1.54, 1.807) is 0 Å². The average Bonchev–Trinajstić information content (AvgIpc) is 2.76. The van der Waals surface area contributed by atoms with Gasteiger partial charge in [-0.2, -0.15) is 0 Å². The number of aliphatic hydroxyl groups excluding tert-OH is 1. The van der Waals surface area contributed by atoms with Crippen LogP contribution in [0.3, 0.4) is 0 Å². The highest BCUT2D eigenvalue weighted by Gasteiger charge is 2.18. The zero-order valence-electron chi connectivity index (χ0n) is 10.4. The van der Waals surface area contributed by atoms with Gasteiger partial charge in [-0.15, -0.1) is 11.3 Å². The van der Waals surface area contributed by atoms with E-state index in [1.165, 1.54) is 11.3 Å². The molecular weight excluding hydrogens is 301 g/mol. The minimum Gasteiger partial charge on any atom is -0.394 e. The monoisotopic (exact) mass is 315 g/mol. The Morgan fingerprint density at radius 3 is 2.47 bits per heavy atom. The summed E-state index contributed by atoms with van der Waals surface area (Å²) >= 11 is 13.5. The third-order valence-electron chi connectivity index (χ3n) is 2.99. The molecular formula is C14H15Cl2NOS. The largest absolute Gasteiger partial charge is 0.394 e. The van der Waals surface area contributed by atoms with Crippen molar-refractivity contribution >= 4 is 34.5 Å². The lowest BCUT2D eigenvalue weighted by Crippen LogP contribution is -2.27. The quantitative estimate of drug-likeness (QED) is 0.855. The van der Waals surface area contributed by atoms with Gasteiger partial charge >= 0.3 is 0 Å². The SMILES string of the molecule is CC(NC(CO)c1ccccc1)c1cc(Cl)sc1Cl. The topological polar surface area (TPSA) is 32.3 Å². The predicted molar refractivity (Wildman–Crippen MR) is 82.2 cm³/mol. The van der Waals surface area contributed by atoms with Gasteiger partial charge in [0.15, 0.2) is 0 Å². The summed E-state index contributed by atoms with van der Waals surface area (Å²) in [6.45, 7) is 2.04. The van der Waals surface area contributed by atoms with Crippen LogP contribution in [-0.2, 0) is 0 Å². The number of rotatable bonds is 5. The number of benzene rings is 1. The summed E-state index contributed by atoms with van der Waals surface area (Å²) in [4.78, 5) is 0. The van der Waals surface area contributed by atoms with Crippen molar-refractivity contribution in [3.05, 3.63) is 56.2 Å². The molecule has 1 heterocycles. The Bertz CT molecular complexity index is 529. The van der Waals surface area contributed by atoms with Gasteiger partial charge in [-0.1, -0.05) is 53.5 Å². The molecule has 0 spiro atoms. The molecule has 19 heavy (non-hydrogen) atoms. The van der Waals surface area contributed by atoms with Crippen molar-refractivity contribution in [3.8, 4) is 0 Å². The van der Waals surface area contributed by atoms with Gasteiger partial charge in [-0.25, -0.2) is 0 Å². The van der Waals surface area contributed by atoms with Crippen LogP contribution >= 0.6 is 34.5 Å². The van der Waals surface area contributed by atoms with Gasteiger partial charge in [0, 0.05) is 6.04 Å².